The van der Waals surface area contributed by atoms with Crippen molar-refractivity contribution in [1.82, 2.24) is 14.9 Å². The predicted octanol–water partition coefficient (Wildman–Crippen LogP) is 3.90. The summed E-state index contributed by atoms with van der Waals surface area (Å²) in [4.78, 5) is 23.3. The fourth-order valence-electron chi connectivity index (χ4n) is 4.11. The van der Waals surface area contributed by atoms with E-state index in [0.29, 0.717) is 17.3 Å². The molecule has 0 bridgehead atoms. The van der Waals surface area contributed by atoms with E-state index >= 15 is 0 Å². The van der Waals surface area contributed by atoms with Crippen LogP contribution in [0, 0.1) is 0 Å². The van der Waals surface area contributed by atoms with E-state index in [4.69, 9.17) is 19.2 Å². The van der Waals surface area contributed by atoms with Gasteiger partial charge < -0.3 is 19.2 Å². The van der Waals surface area contributed by atoms with Crippen LogP contribution in [-0.4, -0.2) is 49.3 Å². The van der Waals surface area contributed by atoms with E-state index in [0.717, 1.165) is 54.4 Å². The lowest BCUT2D eigenvalue weighted by Gasteiger charge is -2.33. The van der Waals surface area contributed by atoms with E-state index in [1.165, 1.54) is 0 Å². The van der Waals surface area contributed by atoms with Crippen LogP contribution in [0.1, 0.15) is 30.0 Å². The number of hydrogen-bond donors (Lipinski definition) is 1. The molecule has 3 aromatic rings. The van der Waals surface area contributed by atoms with E-state index < -0.39 is 0 Å². The molecule has 0 radical (unpaired) electrons. The molecule has 1 saturated heterocycles. The highest BCUT2D eigenvalue weighted by atomic mass is 32.1. The number of rotatable bonds is 7. The first kappa shape index (κ1) is 21.4. The van der Waals surface area contributed by atoms with Crippen molar-refractivity contribution in [3.63, 3.8) is 0 Å². The van der Waals surface area contributed by atoms with Crippen molar-refractivity contribution >= 4 is 11.3 Å². The van der Waals surface area contributed by atoms with Gasteiger partial charge in [-0.3, -0.25) is 9.69 Å². The Morgan fingerprint density at radius 1 is 1.13 bits per heavy atom. The first-order valence-corrected chi connectivity index (χ1v) is 11.2. The minimum Gasteiger partial charge on any atom is -0.496 e. The maximum absolute atomic E-state index is 12.3. The highest BCUT2D eigenvalue weighted by Crippen LogP contribution is 2.36. The minimum absolute atomic E-state index is 0.105. The number of ether oxygens (including phenoxy) is 3. The van der Waals surface area contributed by atoms with Crippen LogP contribution >= 0.6 is 11.3 Å². The number of piperidine rings is 1. The van der Waals surface area contributed by atoms with Gasteiger partial charge in [-0.2, -0.15) is 0 Å². The number of likely N-dealkylation sites (tertiary alicyclic amines) is 1. The van der Waals surface area contributed by atoms with Gasteiger partial charge in [0.05, 0.1) is 31.9 Å². The van der Waals surface area contributed by atoms with Crippen LogP contribution in [0.4, 0.5) is 0 Å². The zero-order chi connectivity index (χ0) is 21.8. The predicted molar refractivity (Wildman–Crippen MR) is 122 cm³/mol. The third-order valence-electron chi connectivity index (χ3n) is 5.62. The third-order valence-corrected chi connectivity index (χ3v) is 6.50. The topological polar surface area (TPSA) is 76.7 Å². The molecule has 7 nitrogen and oxygen atoms in total. The van der Waals surface area contributed by atoms with Crippen LogP contribution in [0.3, 0.4) is 0 Å². The fourth-order valence-corrected chi connectivity index (χ4v) is 4.78. The Morgan fingerprint density at radius 3 is 2.61 bits per heavy atom. The van der Waals surface area contributed by atoms with Crippen LogP contribution < -0.4 is 19.8 Å². The van der Waals surface area contributed by atoms with Gasteiger partial charge in [-0.05, 0) is 36.9 Å². The number of aromatic amines is 1. The van der Waals surface area contributed by atoms with Gasteiger partial charge in [0.2, 0.25) is 0 Å². The molecule has 3 heterocycles. The number of nitrogens with one attached hydrogen (secondary N) is 1. The second-order valence-electron chi connectivity index (χ2n) is 7.59. The van der Waals surface area contributed by atoms with Crippen LogP contribution in [-0.2, 0) is 6.54 Å². The van der Waals surface area contributed by atoms with Gasteiger partial charge in [0.25, 0.3) is 5.56 Å². The summed E-state index contributed by atoms with van der Waals surface area (Å²) >= 11 is 1.57. The molecule has 1 unspecified atom stereocenters. The van der Waals surface area contributed by atoms with Crippen molar-refractivity contribution in [3.05, 3.63) is 57.3 Å². The number of benzene rings is 1. The van der Waals surface area contributed by atoms with Crippen LogP contribution in [0.15, 0.2) is 40.5 Å². The summed E-state index contributed by atoms with van der Waals surface area (Å²) in [5.74, 6) is 2.96. The molecule has 0 aliphatic carbocycles. The first-order valence-electron chi connectivity index (χ1n) is 10.3. The van der Waals surface area contributed by atoms with Gasteiger partial charge in [0.15, 0.2) is 11.5 Å². The normalized spacial score (nSPS) is 16.8. The summed E-state index contributed by atoms with van der Waals surface area (Å²) in [6, 6.07) is 9.42. The van der Waals surface area contributed by atoms with E-state index in [9.17, 15) is 4.79 Å². The monoisotopic (exact) mass is 441 g/mol. The minimum atomic E-state index is -0.105. The summed E-state index contributed by atoms with van der Waals surface area (Å²) in [7, 11) is 4.91. The molecule has 2 aromatic heterocycles. The van der Waals surface area contributed by atoms with Gasteiger partial charge in [-0.25, -0.2) is 4.98 Å². The van der Waals surface area contributed by atoms with Crippen molar-refractivity contribution in [2.24, 2.45) is 0 Å². The Hall–Kier alpha value is -2.84. The molecule has 1 aliphatic heterocycles. The Bertz CT molecular complexity index is 1080. The van der Waals surface area contributed by atoms with Gasteiger partial charge >= 0.3 is 0 Å². The highest BCUT2D eigenvalue weighted by Gasteiger charge is 2.25. The quantitative estimate of drug-likeness (QED) is 0.599. The third kappa shape index (κ3) is 4.75. The molecular formula is C23H27N3O4S. The summed E-state index contributed by atoms with van der Waals surface area (Å²) in [5, 5.41) is 1.99. The molecule has 1 N–H and O–H groups in total. The van der Waals surface area contributed by atoms with Crippen LogP contribution in [0.25, 0.3) is 10.7 Å². The number of aromatic nitrogens is 2. The number of H-pyrrole nitrogens is 1. The Labute approximate surface area is 185 Å². The lowest BCUT2D eigenvalue weighted by atomic mass is 9.94. The SMILES string of the molecule is COc1cc(OC)c(OC)cc1CN1CCCC(c2cc(=O)[nH]c(-c3cccs3)n2)C1. The van der Waals surface area contributed by atoms with E-state index in [2.05, 4.69) is 9.88 Å². The Kier molecular flexibility index (Phi) is 6.58. The summed E-state index contributed by atoms with van der Waals surface area (Å²) in [6.07, 6.45) is 2.06. The number of hydrogen-bond acceptors (Lipinski definition) is 7. The molecular weight excluding hydrogens is 414 g/mol. The average Bonchev–Trinajstić information content (AvgIpc) is 3.33. The largest absolute Gasteiger partial charge is 0.496 e. The maximum atomic E-state index is 12.3. The number of methoxy groups -OCH3 is 3. The molecule has 1 fully saturated rings. The second-order valence-corrected chi connectivity index (χ2v) is 8.54. The van der Waals surface area contributed by atoms with Crippen molar-refractivity contribution in [3.8, 4) is 28.0 Å². The van der Waals surface area contributed by atoms with Crippen molar-refractivity contribution in [2.45, 2.75) is 25.3 Å². The molecule has 31 heavy (non-hydrogen) atoms. The molecule has 164 valence electrons. The Morgan fingerprint density at radius 2 is 1.90 bits per heavy atom. The lowest BCUT2D eigenvalue weighted by Crippen LogP contribution is -2.34. The first-order chi connectivity index (χ1) is 15.1. The number of thiophene rings is 1. The molecule has 1 aromatic carbocycles. The molecule has 0 saturated carbocycles. The van der Waals surface area contributed by atoms with Crippen molar-refractivity contribution < 1.29 is 14.2 Å². The highest BCUT2D eigenvalue weighted by molar-refractivity contribution is 7.13. The number of nitrogens with zero attached hydrogens (tertiary/aromatic N) is 2. The smallest absolute Gasteiger partial charge is 0.251 e. The van der Waals surface area contributed by atoms with Gasteiger partial charge in [-0.15, -0.1) is 11.3 Å². The van der Waals surface area contributed by atoms with E-state index in [-0.39, 0.29) is 11.5 Å². The van der Waals surface area contributed by atoms with E-state index in [1.807, 2.05) is 29.6 Å². The molecule has 1 atom stereocenters. The second kappa shape index (κ2) is 9.53. The van der Waals surface area contributed by atoms with Crippen LogP contribution in [0.2, 0.25) is 0 Å². The zero-order valence-corrected chi connectivity index (χ0v) is 18.8. The molecule has 0 amide bonds. The molecule has 8 heteroatoms. The standard InChI is InChI=1S/C23H27N3O4S/c1-28-18-12-20(30-3)19(29-2)10-16(18)14-26-8-4-6-15(13-26)17-11-22(27)25-23(24-17)21-7-5-9-31-21/h5,7,9-12,15H,4,6,8,13-14H2,1-3H3,(H,24,25,27). The maximum Gasteiger partial charge on any atom is 0.251 e. The molecule has 1 aliphatic rings. The van der Waals surface area contributed by atoms with Gasteiger partial charge in [0, 0.05) is 36.7 Å². The van der Waals surface area contributed by atoms with Crippen molar-refractivity contribution in [1.29, 1.82) is 0 Å². The van der Waals surface area contributed by atoms with Gasteiger partial charge in [-0.1, -0.05) is 6.07 Å². The average molecular weight is 442 g/mol. The Balaban J connectivity index is 1.56. The van der Waals surface area contributed by atoms with Crippen molar-refractivity contribution in [2.75, 3.05) is 34.4 Å². The zero-order valence-electron chi connectivity index (χ0n) is 18.0. The summed E-state index contributed by atoms with van der Waals surface area (Å²) < 4.78 is 16.5. The summed E-state index contributed by atoms with van der Waals surface area (Å²) in [6.45, 7) is 2.54. The van der Waals surface area contributed by atoms with Crippen LogP contribution in [0.5, 0.6) is 17.2 Å². The molecule has 0 spiro atoms. The summed E-state index contributed by atoms with van der Waals surface area (Å²) in [5.41, 5.74) is 1.79. The lowest BCUT2D eigenvalue weighted by molar-refractivity contribution is 0.196. The fraction of sp³-hybridized carbons (Fsp3) is 0.391. The van der Waals surface area contributed by atoms with E-state index in [1.54, 1.807) is 38.7 Å². The van der Waals surface area contributed by atoms with Gasteiger partial charge in [0.1, 0.15) is 11.6 Å². The molecule has 4 rings (SSSR count).